The predicted molar refractivity (Wildman–Crippen MR) is 77.8 cm³/mol. The number of ether oxygens (including phenoxy) is 1. The summed E-state index contributed by atoms with van der Waals surface area (Å²) in [7, 11) is -2.04. The van der Waals surface area contributed by atoms with Gasteiger partial charge in [-0.3, -0.25) is 4.72 Å². The first-order valence-electron chi connectivity index (χ1n) is 5.95. The largest absolute Gasteiger partial charge is 0.495 e. The Kier molecular flexibility index (Phi) is 5.20. The molecule has 0 aliphatic carbocycles. The summed E-state index contributed by atoms with van der Waals surface area (Å²) in [6, 6.07) is 4.52. The van der Waals surface area contributed by atoms with Crippen molar-refractivity contribution in [2.75, 3.05) is 17.6 Å². The molecule has 0 radical (unpaired) electrons. The van der Waals surface area contributed by atoms with Gasteiger partial charge in [-0.15, -0.1) is 0 Å². The molecule has 0 fully saturated rings. The second kappa shape index (κ2) is 6.47. The summed E-state index contributed by atoms with van der Waals surface area (Å²) in [6.45, 7) is 3.63. The van der Waals surface area contributed by atoms with Gasteiger partial charge in [-0.25, -0.2) is 8.42 Å². The van der Waals surface area contributed by atoms with E-state index in [1.165, 1.54) is 25.3 Å². The maximum Gasteiger partial charge on any atom is 0.233 e. The molecule has 20 heavy (non-hydrogen) atoms. The number of benzene rings is 1. The minimum atomic E-state index is -3.45. The van der Waals surface area contributed by atoms with Crippen LogP contribution in [-0.4, -0.2) is 32.3 Å². The third-order valence-corrected chi connectivity index (χ3v) is 4.06. The molecule has 0 aliphatic rings. The van der Waals surface area contributed by atoms with Crippen molar-refractivity contribution in [1.82, 2.24) is 0 Å². The molecule has 0 unspecified atom stereocenters. The maximum atomic E-state index is 11.9. The summed E-state index contributed by atoms with van der Waals surface area (Å²) in [6.07, 6.45) is 0. The Morgan fingerprint density at radius 1 is 1.50 bits per heavy atom. The molecule has 0 saturated heterocycles. The highest BCUT2D eigenvalue weighted by atomic mass is 32.2. The van der Waals surface area contributed by atoms with Crippen molar-refractivity contribution in [3.63, 3.8) is 0 Å². The standard InChI is InChI=1S/C12H19N3O4S/c1-8(2)7-20(17,18)15-10-5-4-9(12(13)14-16)6-11(10)19-3/h4-6,8,15-16H,7H2,1-3H3,(H2,13,14). The third-order valence-electron chi connectivity index (χ3n) is 2.42. The lowest BCUT2D eigenvalue weighted by atomic mass is 10.2. The van der Waals surface area contributed by atoms with Gasteiger partial charge in [-0.05, 0) is 24.1 Å². The van der Waals surface area contributed by atoms with E-state index < -0.39 is 10.0 Å². The molecule has 0 atom stereocenters. The van der Waals surface area contributed by atoms with Crippen molar-refractivity contribution in [2.24, 2.45) is 16.8 Å². The average Bonchev–Trinajstić information content (AvgIpc) is 2.36. The Balaban J connectivity index is 3.08. The van der Waals surface area contributed by atoms with Crippen LogP contribution in [-0.2, 0) is 10.0 Å². The molecule has 1 rings (SSSR count). The Hall–Kier alpha value is -1.96. The van der Waals surface area contributed by atoms with Crippen molar-refractivity contribution in [2.45, 2.75) is 13.8 Å². The number of hydrogen-bond donors (Lipinski definition) is 3. The van der Waals surface area contributed by atoms with E-state index in [0.29, 0.717) is 17.0 Å². The molecular weight excluding hydrogens is 282 g/mol. The summed E-state index contributed by atoms with van der Waals surface area (Å²) < 4.78 is 31.4. The van der Waals surface area contributed by atoms with Gasteiger partial charge in [0.2, 0.25) is 10.0 Å². The molecule has 7 nitrogen and oxygen atoms in total. The highest BCUT2D eigenvalue weighted by molar-refractivity contribution is 7.92. The number of anilines is 1. The van der Waals surface area contributed by atoms with Crippen LogP contribution < -0.4 is 15.2 Å². The monoisotopic (exact) mass is 301 g/mol. The van der Waals surface area contributed by atoms with Gasteiger partial charge in [0.15, 0.2) is 5.84 Å². The van der Waals surface area contributed by atoms with Gasteiger partial charge >= 0.3 is 0 Å². The zero-order valence-electron chi connectivity index (χ0n) is 11.6. The van der Waals surface area contributed by atoms with Crippen LogP contribution in [0.1, 0.15) is 19.4 Å². The molecule has 8 heteroatoms. The summed E-state index contributed by atoms with van der Waals surface area (Å²) in [5.41, 5.74) is 6.20. The number of nitrogens with one attached hydrogen (secondary N) is 1. The summed E-state index contributed by atoms with van der Waals surface area (Å²) >= 11 is 0. The van der Waals surface area contributed by atoms with E-state index in [4.69, 9.17) is 15.7 Å². The molecule has 4 N–H and O–H groups in total. The average molecular weight is 301 g/mol. The highest BCUT2D eigenvalue weighted by Crippen LogP contribution is 2.26. The zero-order chi connectivity index (χ0) is 15.3. The molecular formula is C12H19N3O4S. The molecule has 0 amide bonds. The lowest BCUT2D eigenvalue weighted by Crippen LogP contribution is -2.20. The maximum absolute atomic E-state index is 11.9. The number of methoxy groups -OCH3 is 1. The fraction of sp³-hybridized carbons (Fsp3) is 0.417. The van der Waals surface area contributed by atoms with Crippen LogP contribution in [0.15, 0.2) is 23.4 Å². The van der Waals surface area contributed by atoms with Gasteiger partial charge in [0.25, 0.3) is 0 Å². The van der Waals surface area contributed by atoms with E-state index in [-0.39, 0.29) is 17.5 Å². The van der Waals surface area contributed by atoms with E-state index >= 15 is 0 Å². The Labute approximate surface area is 118 Å². The van der Waals surface area contributed by atoms with E-state index in [2.05, 4.69) is 9.88 Å². The Bertz CT molecular complexity index is 597. The quantitative estimate of drug-likeness (QED) is 0.316. The number of hydrogen-bond acceptors (Lipinski definition) is 5. The van der Waals surface area contributed by atoms with Crippen LogP contribution in [0.25, 0.3) is 0 Å². The molecule has 0 heterocycles. The minimum absolute atomic E-state index is 0.00920. The molecule has 112 valence electrons. The van der Waals surface area contributed by atoms with Crippen molar-refractivity contribution < 1.29 is 18.4 Å². The van der Waals surface area contributed by atoms with Gasteiger partial charge in [0, 0.05) is 5.56 Å². The number of sulfonamides is 1. The number of nitrogens with zero attached hydrogens (tertiary/aromatic N) is 1. The predicted octanol–water partition coefficient (Wildman–Crippen LogP) is 1.19. The van der Waals surface area contributed by atoms with Crippen LogP contribution in [0.3, 0.4) is 0 Å². The van der Waals surface area contributed by atoms with Gasteiger partial charge in [-0.1, -0.05) is 19.0 Å². The van der Waals surface area contributed by atoms with E-state index in [9.17, 15) is 8.42 Å². The molecule has 0 spiro atoms. The molecule has 1 aromatic rings. The fourth-order valence-corrected chi connectivity index (χ4v) is 3.11. The highest BCUT2D eigenvalue weighted by Gasteiger charge is 2.16. The van der Waals surface area contributed by atoms with Gasteiger partial charge in [0.1, 0.15) is 5.75 Å². The number of rotatable bonds is 6. The first kappa shape index (κ1) is 16.1. The van der Waals surface area contributed by atoms with E-state index in [0.717, 1.165) is 0 Å². The molecule has 1 aromatic carbocycles. The molecule has 0 aromatic heterocycles. The molecule has 0 bridgehead atoms. The Morgan fingerprint density at radius 3 is 2.65 bits per heavy atom. The summed E-state index contributed by atoms with van der Waals surface area (Å²) in [4.78, 5) is 0. The smallest absolute Gasteiger partial charge is 0.233 e. The third kappa shape index (κ3) is 4.30. The van der Waals surface area contributed by atoms with Crippen LogP contribution in [0, 0.1) is 5.92 Å². The lowest BCUT2D eigenvalue weighted by molar-refractivity contribution is 0.318. The second-order valence-corrected chi connectivity index (χ2v) is 6.44. The van der Waals surface area contributed by atoms with Gasteiger partial charge in [0.05, 0.1) is 18.6 Å². The van der Waals surface area contributed by atoms with Crippen LogP contribution in [0.2, 0.25) is 0 Å². The summed E-state index contributed by atoms with van der Waals surface area (Å²) in [5.74, 6) is 0.231. The molecule has 0 saturated carbocycles. The number of amidine groups is 1. The first-order valence-corrected chi connectivity index (χ1v) is 7.60. The van der Waals surface area contributed by atoms with Crippen molar-refractivity contribution in [3.05, 3.63) is 23.8 Å². The molecule has 0 aliphatic heterocycles. The normalized spacial score (nSPS) is 12.5. The van der Waals surface area contributed by atoms with Gasteiger partial charge in [-0.2, -0.15) is 0 Å². The van der Waals surface area contributed by atoms with E-state index in [1.807, 2.05) is 13.8 Å². The lowest BCUT2D eigenvalue weighted by Gasteiger charge is -2.14. The topological polar surface area (TPSA) is 114 Å². The van der Waals surface area contributed by atoms with Crippen LogP contribution in [0.5, 0.6) is 5.75 Å². The number of nitrogens with two attached hydrogens (primary N) is 1. The van der Waals surface area contributed by atoms with Crippen LogP contribution in [0.4, 0.5) is 5.69 Å². The van der Waals surface area contributed by atoms with Crippen molar-refractivity contribution >= 4 is 21.5 Å². The first-order chi connectivity index (χ1) is 9.29. The van der Waals surface area contributed by atoms with Gasteiger partial charge < -0.3 is 15.7 Å². The minimum Gasteiger partial charge on any atom is -0.495 e. The zero-order valence-corrected chi connectivity index (χ0v) is 12.4. The van der Waals surface area contributed by atoms with Crippen LogP contribution >= 0.6 is 0 Å². The fourth-order valence-electron chi connectivity index (χ4n) is 1.64. The van der Waals surface area contributed by atoms with Crippen molar-refractivity contribution in [3.8, 4) is 5.75 Å². The van der Waals surface area contributed by atoms with E-state index in [1.54, 1.807) is 0 Å². The number of oxime groups is 1. The SMILES string of the molecule is COc1cc(/C(N)=N/O)ccc1NS(=O)(=O)CC(C)C. The Morgan fingerprint density at radius 2 is 2.15 bits per heavy atom. The summed E-state index contributed by atoms with van der Waals surface area (Å²) in [5, 5.41) is 11.5. The second-order valence-electron chi connectivity index (χ2n) is 4.68. The van der Waals surface area contributed by atoms with Crippen molar-refractivity contribution in [1.29, 1.82) is 0 Å².